The van der Waals surface area contributed by atoms with E-state index in [-0.39, 0.29) is 5.91 Å². The summed E-state index contributed by atoms with van der Waals surface area (Å²) in [6, 6.07) is 3.46. The summed E-state index contributed by atoms with van der Waals surface area (Å²) in [5.74, 6) is -1.23. The Morgan fingerprint density at radius 1 is 1.48 bits per heavy atom. The molecule has 2 aromatic heterocycles. The summed E-state index contributed by atoms with van der Waals surface area (Å²) in [5.41, 5.74) is 1.59. The van der Waals surface area contributed by atoms with Crippen LogP contribution in [-0.2, 0) is 11.3 Å². The van der Waals surface area contributed by atoms with Crippen LogP contribution in [0.5, 0.6) is 0 Å². The molecule has 0 fully saturated rings. The second kappa shape index (κ2) is 6.76. The molecule has 0 unspecified atom stereocenters. The van der Waals surface area contributed by atoms with E-state index in [2.05, 4.69) is 15.3 Å². The molecule has 0 saturated carbocycles. The summed E-state index contributed by atoms with van der Waals surface area (Å²) in [7, 11) is 0. The van der Waals surface area contributed by atoms with E-state index >= 15 is 0 Å². The van der Waals surface area contributed by atoms with Crippen LogP contribution in [0.3, 0.4) is 0 Å². The van der Waals surface area contributed by atoms with E-state index in [0.29, 0.717) is 11.4 Å². The van der Waals surface area contributed by atoms with Crippen LogP contribution in [0.1, 0.15) is 25.8 Å². The summed E-state index contributed by atoms with van der Waals surface area (Å²) in [5, 5.41) is 11.4. The number of hydrogen-bond acceptors (Lipinski definition) is 5. The van der Waals surface area contributed by atoms with Gasteiger partial charge in [-0.1, -0.05) is 0 Å². The van der Waals surface area contributed by atoms with Gasteiger partial charge in [-0.05, 0) is 30.7 Å². The third kappa shape index (κ3) is 4.22. The first-order valence-corrected chi connectivity index (χ1v) is 6.92. The predicted octanol–water partition coefficient (Wildman–Crippen LogP) is 1.87. The summed E-state index contributed by atoms with van der Waals surface area (Å²) in [4.78, 5) is 31.7. The molecule has 1 amide bonds. The van der Waals surface area contributed by atoms with Crippen molar-refractivity contribution in [3.63, 3.8) is 0 Å². The van der Waals surface area contributed by atoms with Gasteiger partial charge in [-0.2, -0.15) is 0 Å². The SMILES string of the molecule is Cc1cc(C(=O)NCc2ccncn2)sc1/C=C/C(=O)O. The second-order valence-electron chi connectivity index (χ2n) is 4.21. The van der Waals surface area contributed by atoms with Crippen molar-refractivity contribution in [2.45, 2.75) is 13.5 Å². The molecule has 0 bridgehead atoms. The van der Waals surface area contributed by atoms with E-state index in [1.807, 2.05) is 6.92 Å². The van der Waals surface area contributed by atoms with Gasteiger partial charge in [-0.15, -0.1) is 11.3 Å². The molecule has 0 spiro atoms. The average Bonchev–Trinajstić information content (AvgIpc) is 2.85. The summed E-state index contributed by atoms with van der Waals surface area (Å²) < 4.78 is 0. The number of hydrogen-bond donors (Lipinski definition) is 2. The Hall–Kier alpha value is -2.54. The smallest absolute Gasteiger partial charge is 0.328 e. The Bertz CT molecular complexity index is 680. The number of carboxylic acids is 1. The Balaban J connectivity index is 2.03. The first-order valence-electron chi connectivity index (χ1n) is 6.11. The fourth-order valence-electron chi connectivity index (χ4n) is 1.60. The Kier molecular flexibility index (Phi) is 4.78. The summed E-state index contributed by atoms with van der Waals surface area (Å²) >= 11 is 1.25. The highest BCUT2D eigenvalue weighted by atomic mass is 32.1. The number of aromatic nitrogens is 2. The van der Waals surface area contributed by atoms with Gasteiger partial charge < -0.3 is 10.4 Å². The quantitative estimate of drug-likeness (QED) is 0.823. The maximum absolute atomic E-state index is 12.0. The molecule has 2 aromatic rings. The molecule has 0 atom stereocenters. The van der Waals surface area contributed by atoms with Gasteiger partial charge in [0.1, 0.15) is 6.33 Å². The van der Waals surface area contributed by atoms with Crippen molar-refractivity contribution in [2.24, 2.45) is 0 Å². The zero-order chi connectivity index (χ0) is 15.2. The van der Waals surface area contributed by atoms with Crippen LogP contribution in [0.4, 0.5) is 0 Å². The lowest BCUT2D eigenvalue weighted by atomic mass is 10.2. The molecule has 0 aliphatic carbocycles. The molecule has 108 valence electrons. The Morgan fingerprint density at radius 2 is 2.29 bits per heavy atom. The minimum atomic E-state index is -1.02. The monoisotopic (exact) mass is 303 g/mol. The molecule has 0 aromatic carbocycles. The number of aryl methyl sites for hydroxylation is 1. The van der Waals surface area contributed by atoms with Crippen LogP contribution in [-0.4, -0.2) is 27.0 Å². The van der Waals surface area contributed by atoms with E-state index in [4.69, 9.17) is 5.11 Å². The van der Waals surface area contributed by atoms with E-state index < -0.39 is 5.97 Å². The third-order valence-corrected chi connectivity index (χ3v) is 3.83. The fraction of sp³-hybridized carbons (Fsp3) is 0.143. The third-order valence-electron chi connectivity index (χ3n) is 2.63. The summed E-state index contributed by atoms with van der Waals surface area (Å²) in [6.45, 7) is 2.15. The largest absolute Gasteiger partial charge is 0.478 e. The van der Waals surface area contributed by atoms with Gasteiger partial charge in [0.15, 0.2) is 0 Å². The van der Waals surface area contributed by atoms with Gasteiger partial charge in [0.25, 0.3) is 5.91 Å². The highest BCUT2D eigenvalue weighted by molar-refractivity contribution is 7.15. The van der Waals surface area contributed by atoms with Crippen LogP contribution in [0.15, 0.2) is 30.7 Å². The molecule has 0 aliphatic heterocycles. The zero-order valence-electron chi connectivity index (χ0n) is 11.2. The normalized spacial score (nSPS) is 10.7. The maximum atomic E-state index is 12.0. The molecule has 2 N–H and O–H groups in total. The topological polar surface area (TPSA) is 92.2 Å². The molecule has 21 heavy (non-hydrogen) atoms. The highest BCUT2D eigenvalue weighted by Crippen LogP contribution is 2.23. The van der Waals surface area contributed by atoms with Crippen LogP contribution < -0.4 is 5.32 Å². The molecule has 2 rings (SSSR count). The predicted molar refractivity (Wildman–Crippen MR) is 78.9 cm³/mol. The fourth-order valence-corrected chi connectivity index (χ4v) is 2.59. The number of rotatable bonds is 5. The van der Waals surface area contributed by atoms with Crippen molar-refractivity contribution in [1.82, 2.24) is 15.3 Å². The van der Waals surface area contributed by atoms with Crippen molar-refractivity contribution in [3.05, 3.63) is 51.7 Å². The van der Waals surface area contributed by atoms with Gasteiger partial charge in [-0.3, -0.25) is 4.79 Å². The van der Waals surface area contributed by atoms with E-state index in [1.54, 1.807) is 18.3 Å². The van der Waals surface area contributed by atoms with Crippen LogP contribution in [0.2, 0.25) is 0 Å². The highest BCUT2D eigenvalue weighted by Gasteiger charge is 2.11. The molecule has 0 radical (unpaired) electrons. The lowest BCUT2D eigenvalue weighted by molar-refractivity contribution is -0.131. The van der Waals surface area contributed by atoms with Crippen LogP contribution in [0, 0.1) is 6.92 Å². The second-order valence-corrected chi connectivity index (χ2v) is 5.30. The van der Waals surface area contributed by atoms with E-state index in [0.717, 1.165) is 22.2 Å². The standard InChI is InChI=1S/C14H13N3O3S/c1-9-6-12(21-11(9)2-3-13(18)19)14(20)16-7-10-4-5-15-8-17-10/h2-6,8H,7H2,1H3,(H,16,20)(H,18,19)/b3-2+. The number of carbonyl (C=O) groups is 2. The van der Waals surface area contributed by atoms with Gasteiger partial charge in [0, 0.05) is 17.2 Å². The minimum absolute atomic E-state index is 0.211. The molecular weight excluding hydrogens is 290 g/mol. The van der Waals surface area contributed by atoms with Crippen molar-refractivity contribution >= 4 is 29.3 Å². The lowest BCUT2D eigenvalue weighted by Gasteiger charge is -2.01. The molecule has 0 aliphatic rings. The number of aliphatic carboxylic acids is 1. The lowest BCUT2D eigenvalue weighted by Crippen LogP contribution is -2.22. The van der Waals surface area contributed by atoms with Crippen molar-refractivity contribution in [1.29, 1.82) is 0 Å². The van der Waals surface area contributed by atoms with Crippen LogP contribution >= 0.6 is 11.3 Å². The minimum Gasteiger partial charge on any atom is -0.478 e. The molecular formula is C14H13N3O3S. The van der Waals surface area contributed by atoms with Crippen molar-refractivity contribution in [2.75, 3.05) is 0 Å². The molecule has 7 heteroatoms. The van der Waals surface area contributed by atoms with Gasteiger partial charge in [0.05, 0.1) is 17.1 Å². The van der Waals surface area contributed by atoms with Crippen LogP contribution in [0.25, 0.3) is 6.08 Å². The average molecular weight is 303 g/mol. The summed E-state index contributed by atoms with van der Waals surface area (Å²) in [6.07, 6.45) is 5.58. The number of nitrogens with zero attached hydrogens (tertiary/aromatic N) is 2. The van der Waals surface area contributed by atoms with Gasteiger partial charge in [-0.25, -0.2) is 14.8 Å². The maximum Gasteiger partial charge on any atom is 0.328 e. The Morgan fingerprint density at radius 3 is 2.95 bits per heavy atom. The van der Waals surface area contributed by atoms with E-state index in [1.165, 1.54) is 23.7 Å². The van der Waals surface area contributed by atoms with Gasteiger partial charge >= 0.3 is 5.97 Å². The molecule has 6 nitrogen and oxygen atoms in total. The zero-order valence-corrected chi connectivity index (χ0v) is 12.1. The van der Waals surface area contributed by atoms with Crippen molar-refractivity contribution in [3.8, 4) is 0 Å². The van der Waals surface area contributed by atoms with Gasteiger partial charge in [0.2, 0.25) is 0 Å². The Labute approximate surface area is 125 Å². The van der Waals surface area contributed by atoms with E-state index in [9.17, 15) is 9.59 Å². The first-order chi connectivity index (χ1) is 10.1. The number of carboxylic acid groups (broad SMARTS) is 1. The molecule has 2 heterocycles. The number of nitrogens with one attached hydrogen (secondary N) is 1. The van der Waals surface area contributed by atoms with Crippen molar-refractivity contribution < 1.29 is 14.7 Å². The first kappa shape index (κ1) is 14.9. The number of thiophene rings is 1. The number of carbonyl (C=O) groups excluding carboxylic acids is 1. The molecule has 0 saturated heterocycles. The number of amides is 1.